The molecule has 2 aromatic heterocycles. The minimum absolute atomic E-state index is 0.253. The Kier molecular flexibility index (Phi) is 2.76. The fraction of sp³-hybridized carbons (Fsp3) is 0.0667. The van der Waals surface area contributed by atoms with Crippen molar-refractivity contribution in [1.82, 2.24) is 9.97 Å². The minimum atomic E-state index is 0.253. The van der Waals surface area contributed by atoms with E-state index < -0.39 is 0 Å². The van der Waals surface area contributed by atoms with Gasteiger partial charge >= 0.3 is 0 Å². The SMILES string of the molecule is CNc1cc(-c2ccc3cc(O)ccc3n2)ccn1. The van der Waals surface area contributed by atoms with Crippen molar-refractivity contribution >= 4 is 16.7 Å². The summed E-state index contributed by atoms with van der Waals surface area (Å²) < 4.78 is 0. The number of benzene rings is 1. The zero-order chi connectivity index (χ0) is 13.2. The van der Waals surface area contributed by atoms with Gasteiger partial charge < -0.3 is 10.4 Å². The molecule has 0 radical (unpaired) electrons. The molecule has 0 fully saturated rings. The van der Waals surface area contributed by atoms with Crippen LogP contribution in [0.2, 0.25) is 0 Å². The van der Waals surface area contributed by atoms with Gasteiger partial charge in [0, 0.05) is 24.2 Å². The molecular formula is C15H13N3O. The van der Waals surface area contributed by atoms with E-state index in [1.165, 1.54) is 0 Å². The molecule has 0 amide bonds. The van der Waals surface area contributed by atoms with Crippen LogP contribution in [0, 0.1) is 0 Å². The van der Waals surface area contributed by atoms with E-state index in [9.17, 15) is 5.11 Å². The van der Waals surface area contributed by atoms with Gasteiger partial charge in [0.15, 0.2) is 0 Å². The molecule has 3 aromatic rings. The molecule has 0 unspecified atom stereocenters. The van der Waals surface area contributed by atoms with Crippen molar-refractivity contribution in [3.05, 3.63) is 48.7 Å². The molecule has 1 aromatic carbocycles. The number of rotatable bonds is 2. The lowest BCUT2D eigenvalue weighted by atomic mass is 10.1. The van der Waals surface area contributed by atoms with Crippen molar-refractivity contribution < 1.29 is 5.11 Å². The quantitative estimate of drug-likeness (QED) is 0.735. The standard InChI is InChI=1S/C15H13N3O/c1-16-15-9-11(6-7-17-15)13-4-2-10-8-12(19)3-5-14(10)18-13/h2-9,19H,1H3,(H,16,17). The molecule has 0 saturated carbocycles. The van der Waals surface area contributed by atoms with Gasteiger partial charge in [-0.25, -0.2) is 9.97 Å². The third-order valence-electron chi connectivity index (χ3n) is 2.98. The van der Waals surface area contributed by atoms with E-state index in [0.29, 0.717) is 0 Å². The first-order valence-electron chi connectivity index (χ1n) is 6.00. The Morgan fingerprint density at radius 3 is 2.79 bits per heavy atom. The Labute approximate surface area is 110 Å². The van der Waals surface area contributed by atoms with Crippen molar-refractivity contribution in [1.29, 1.82) is 0 Å². The van der Waals surface area contributed by atoms with Gasteiger partial charge in [-0.3, -0.25) is 0 Å². The van der Waals surface area contributed by atoms with Crippen LogP contribution in [0.15, 0.2) is 48.7 Å². The second kappa shape index (κ2) is 4.57. The zero-order valence-corrected chi connectivity index (χ0v) is 10.5. The predicted molar refractivity (Wildman–Crippen MR) is 76.2 cm³/mol. The molecule has 19 heavy (non-hydrogen) atoms. The van der Waals surface area contributed by atoms with E-state index in [1.807, 2.05) is 37.4 Å². The molecule has 4 nitrogen and oxygen atoms in total. The lowest BCUT2D eigenvalue weighted by molar-refractivity contribution is 0.476. The summed E-state index contributed by atoms with van der Waals surface area (Å²) >= 11 is 0. The first kappa shape index (κ1) is 11.5. The Morgan fingerprint density at radius 2 is 1.95 bits per heavy atom. The van der Waals surface area contributed by atoms with Crippen LogP contribution in [0.4, 0.5) is 5.82 Å². The van der Waals surface area contributed by atoms with Gasteiger partial charge in [-0.1, -0.05) is 6.07 Å². The first-order chi connectivity index (χ1) is 9.26. The molecule has 0 atom stereocenters. The van der Waals surface area contributed by atoms with Crippen LogP contribution in [-0.2, 0) is 0 Å². The summed E-state index contributed by atoms with van der Waals surface area (Å²) in [6.07, 6.45) is 1.75. The van der Waals surface area contributed by atoms with Gasteiger partial charge in [-0.05, 0) is 36.4 Å². The summed E-state index contributed by atoms with van der Waals surface area (Å²) in [5.41, 5.74) is 2.75. The van der Waals surface area contributed by atoms with E-state index in [-0.39, 0.29) is 5.75 Å². The van der Waals surface area contributed by atoms with Crippen LogP contribution in [0.1, 0.15) is 0 Å². The Hall–Kier alpha value is -2.62. The van der Waals surface area contributed by atoms with Gasteiger partial charge in [0.25, 0.3) is 0 Å². The van der Waals surface area contributed by atoms with Crippen LogP contribution >= 0.6 is 0 Å². The highest BCUT2D eigenvalue weighted by Crippen LogP contribution is 2.24. The highest BCUT2D eigenvalue weighted by Gasteiger charge is 2.03. The molecule has 0 saturated heterocycles. The number of nitrogens with one attached hydrogen (secondary N) is 1. The van der Waals surface area contributed by atoms with E-state index >= 15 is 0 Å². The molecule has 0 aliphatic rings. The van der Waals surface area contributed by atoms with Gasteiger partial charge in [0.05, 0.1) is 11.2 Å². The second-order valence-electron chi connectivity index (χ2n) is 4.25. The summed E-state index contributed by atoms with van der Waals surface area (Å²) in [5.74, 6) is 1.06. The topological polar surface area (TPSA) is 58.0 Å². The lowest BCUT2D eigenvalue weighted by Gasteiger charge is -2.05. The van der Waals surface area contributed by atoms with Crippen LogP contribution in [-0.4, -0.2) is 22.1 Å². The highest BCUT2D eigenvalue weighted by atomic mass is 16.3. The van der Waals surface area contributed by atoms with Gasteiger partial charge in [-0.2, -0.15) is 0 Å². The molecule has 3 rings (SSSR count). The number of aromatic hydroxyl groups is 1. The van der Waals surface area contributed by atoms with E-state index in [1.54, 1.807) is 18.3 Å². The lowest BCUT2D eigenvalue weighted by Crippen LogP contribution is -1.92. The monoisotopic (exact) mass is 251 g/mol. The van der Waals surface area contributed by atoms with Crippen LogP contribution in [0.3, 0.4) is 0 Å². The molecule has 0 aliphatic carbocycles. The Balaban J connectivity index is 2.12. The summed E-state index contributed by atoms with van der Waals surface area (Å²) in [6, 6.07) is 12.9. The molecule has 94 valence electrons. The molecule has 0 bridgehead atoms. The predicted octanol–water partition coefficient (Wildman–Crippen LogP) is 3.04. The molecular weight excluding hydrogens is 238 g/mol. The van der Waals surface area contributed by atoms with E-state index in [0.717, 1.165) is 28.0 Å². The first-order valence-corrected chi connectivity index (χ1v) is 6.00. The minimum Gasteiger partial charge on any atom is -0.508 e. The number of pyridine rings is 2. The van der Waals surface area contributed by atoms with Crippen molar-refractivity contribution in [3.63, 3.8) is 0 Å². The molecule has 2 heterocycles. The van der Waals surface area contributed by atoms with Crippen molar-refractivity contribution in [3.8, 4) is 17.0 Å². The molecule has 2 N–H and O–H groups in total. The number of fused-ring (bicyclic) bond motifs is 1. The smallest absolute Gasteiger partial charge is 0.126 e. The van der Waals surface area contributed by atoms with Gasteiger partial charge in [0.1, 0.15) is 11.6 Å². The maximum Gasteiger partial charge on any atom is 0.126 e. The maximum atomic E-state index is 9.44. The third kappa shape index (κ3) is 2.20. The highest BCUT2D eigenvalue weighted by molar-refractivity contribution is 5.83. The fourth-order valence-electron chi connectivity index (χ4n) is 2.00. The van der Waals surface area contributed by atoms with E-state index in [4.69, 9.17) is 0 Å². The van der Waals surface area contributed by atoms with Crippen molar-refractivity contribution in [2.75, 3.05) is 12.4 Å². The van der Waals surface area contributed by atoms with Crippen molar-refractivity contribution in [2.45, 2.75) is 0 Å². The summed E-state index contributed by atoms with van der Waals surface area (Å²) in [4.78, 5) is 8.78. The van der Waals surface area contributed by atoms with Crippen LogP contribution in [0.25, 0.3) is 22.2 Å². The number of aromatic nitrogens is 2. The number of hydrogen-bond donors (Lipinski definition) is 2. The fourth-order valence-corrected chi connectivity index (χ4v) is 2.00. The third-order valence-corrected chi connectivity index (χ3v) is 2.98. The van der Waals surface area contributed by atoms with Crippen molar-refractivity contribution in [2.24, 2.45) is 0 Å². The van der Waals surface area contributed by atoms with Gasteiger partial charge in [-0.15, -0.1) is 0 Å². The number of nitrogens with zero attached hydrogens (tertiary/aromatic N) is 2. The number of phenols is 1. The summed E-state index contributed by atoms with van der Waals surface area (Å²) in [6.45, 7) is 0. The summed E-state index contributed by atoms with van der Waals surface area (Å²) in [7, 11) is 1.84. The van der Waals surface area contributed by atoms with Gasteiger partial charge in [0.2, 0.25) is 0 Å². The second-order valence-corrected chi connectivity index (χ2v) is 4.25. The summed E-state index contributed by atoms with van der Waals surface area (Å²) in [5, 5.41) is 13.4. The molecule has 0 spiro atoms. The normalized spacial score (nSPS) is 10.6. The average Bonchev–Trinajstić information content (AvgIpc) is 2.46. The molecule has 4 heteroatoms. The largest absolute Gasteiger partial charge is 0.508 e. The Bertz CT molecular complexity index is 740. The number of phenolic OH excluding ortho intramolecular Hbond substituents is 1. The number of hydrogen-bond acceptors (Lipinski definition) is 4. The Morgan fingerprint density at radius 1 is 1.05 bits per heavy atom. The number of anilines is 1. The molecule has 0 aliphatic heterocycles. The average molecular weight is 251 g/mol. The van der Waals surface area contributed by atoms with Crippen LogP contribution in [0.5, 0.6) is 5.75 Å². The van der Waals surface area contributed by atoms with E-state index in [2.05, 4.69) is 15.3 Å². The maximum absolute atomic E-state index is 9.44. The zero-order valence-electron chi connectivity index (χ0n) is 10.5. The van der Waals surface area contributed by atoms with Crippen LogP contribution < -0.4 is 5.32 Å².